The Balaban J connectivity index is 0.00000242. The number of benzene rings is 1. The molecule has 2 unspecified atom stereocenters. The van der Waals surface area contributed by atoms with Gasteiger partial charge in [-0.3, -0.25) is 4.99 Å². The number of nitrogens with two attached hydrogens (primary N) is 1. The molecule has 0 bridgehead atoms. The fraction of sp³-hybridized carbons (Fsp3) is 0.588. The minimum absolute atomic E-state index is 0. The summed E-state index contributed by atoms with van der Waals surface area (Å²) in [5.74, 6) is 1.47. The second kappa shape index (κ2) is 9.35. The van der Waals surface area contributed by atoms with Crippen LogP contribution in [0.3, 0.4) is 0 Å². The fourth-order valence-electron chi connectivity index (χ4n) is 2.84. The maximum Gasteiger partial charge on any atom is 0.193 e. The van der Waals surface area contributed by atoms with Crippen molar-refractivity contribution < 1.29 is 4.74 Å². The average molecular weight is 417 g/mol. The molecule has 0 saturated carbocycles. The van der Waals surface area contributed by atoms with Crippen LogP contribution in [0.4, 0.5) is 5.69 Å². The molecule has 1 aliphatic heterocycles. The summed E-state index contributed by atoms with van der Waals surface area (Å²) in [6.45, 7) is 8.09. The minimum atomic E-state index is 0. The van der Waals surface area contributed by atoms with Gasteiger partial charge in [0, 0.05) is 24.8 Å². The number of guanidine groups is 1. The number of nitrogens with one attached hydrogen (secondary N) is 1. The normalized spacial score (nSPS) is 22.3. The van der Waals surface area contributed by atoms with E-state index in [0.717, 1.165) is 25.3 Å². The van der Waals surface area contributed by atoms with Gasteiger partial charge in [0.2, 0.25) is 0 Å². The number of hydrogen-bond acceptors (Lipinski definition) is 2. The van der Waals surface area contributed by atoms with E-state index in [1.807, 2.05) is 12.1 Å². The molecule has 1 aromatic rings. The number of ether oxygens (including phenoxy) is 1. The second-order valence-electron chi connectivity index (χ2n) is 6.20. The Kier molecular flexibility index (Phi) is 8.17. The van der Waals surface area contributed by atoms with Crippen LogP contribution < -0.4 is 11.1 Å². The van der Waals surface area contributed by atoms with Gasteiger partial charge in [0.25, 0.3) is 0 Å². The smallest absolute Gasteiger partial charge is 0.193 e. The van der Waals surface area contributed by atoms with Gasteiger partial charge in [-0.2, -0.15) is 0 Å². The van der Waals surface area contributed by atoms with Gasteiger partial charge in [-0.15, -0.1) is 24.0 Å². The number of halogens is 1. The molecule has 2 rings (SSSR count). The van der Waals surface area contributed by atoms with Crippen molar-refractivity contribution in [1.29, 1.82) is 0 Å². The third-order valence-electron chi connectivity index (χ3n) is 3.97. The van der Waals surface area contributed by atoms with Gasteiger partial charge in [0.05, 0.1) is 6.10 Å². The monoisotopic (exact) mass is 417 g/mol. The first-order valence-electron chi connectivity index (χ1n) is 7.81. The van der Waals surface area contributed by atoms with E-state index in [-0.39, 0.29) is 24.0 Å². The third kappa shape index (κ3) is 5.76. The van der Waals surface area contributed by atoms with Crippen LogP contribution in [0.2, 0.25) is 0 Å². The van der Waals surface area contributed by atoms with Crippen LogP contribution in [0.5, 0.6) is 0 Å². The Morgan fingerprint density at radius 1 is 1.36 bits per heavy atom. The van der Waals surface area contributed by atoms with Crippen LogP contribution in [-0.2, 0) is 4.74 Å². The summed E-state index contributed by atoms with van der Waals surface area (Å²) in [5.41, 5.74) is 8.19. The lowest BCUT2D eigenvalue weighted by molar-refractivity contribution is -0.0491. The van der Waals surface area contributed by atoms with E-state index in [9.17, 15) is 0 Å². The van der Waals surface area contributed by atoms with Crippen molar-refractivity contribution in [2.24, 2.45) is 22.6 Å². The van der Waals surface area contributed by atoms with E-state index in [4.69, 9.17) is 10.5 Å². The van der Waals surface area contributed by atoms with E-state index in [1.54, 1.807) is 0 Å². The molecule has 1 aromatic carbocycles. The molecule has 1 saturated heterocycles. The molecular formula is C17H28IN3O. The molecule has 0 aliphatic carbocycles. The summed E-state index contributed by atoms with van der Waals surface area (Å²) in [5, 5.41) is 3.14. The van der Waals surface area contributed by atoms with Crippen molar-refractivity contribution in [1.82, 2.24) is 0 Å². The van der Waals surface area contributed by atoms with Crippen LogP contribution in [-0.4, -0.2) is 25.2 Å². The number of anilines is 1. The highest BCUT2D eigenvalue weighted by Crippen LogP contribution is 2.26. The summed E-state index contributed by atoms with van der Waals surface area (Å²) >= 11 is 0. The first-order chi connectivity index (χ1) is 10.1. The van der Waals surface area contributed by atoms with Crippen molar-refractivity contribution >= 4 is 35.6 Å². The maximum atomic E-state index is 5.98. The first kappa shape index (κ1) is 19.2. The molecule has 1 fully saturated rings. The van der Waals surface area contributed by atoms with Gasteiger partial charge in [0.15, 0.2) is 5.96 Å². The van der Waals surface area contributed by atoms with E-state index in [2.05, 4.69) is 43.2 Å². The quantitative estimate of drug-likeness (QED) is 0.445. The Morgan fingerprint density at radius 3 is 2.68 bits per heavy atom. The van der Waals surface area contributed by atoms with Crippen LogP contribution in [0, 0.1) is 18.8 Å². The summed E-state index contributed by atoms with van der Waals surface area (Å²) in [6, 6.07) is 8.13. The summed E-state index contributed by atoms with van der Waals surface area (Å²) in [6.07, 6.45) is 2.59. The highest BCUT2D eigenvalue weighted by molar-refractivity contribution is 14.0. The number of aliphatic imine (C=N–C) groups is 1. The molecule has 3 N–H and O–H groups in total. The van der Waals surface area contributed by atoms with Gasteiger partial charge in [-0.05, 0) is 37.8 Å². The van der Waals surface area contributed by atoms with Crippen molar-refractivity contribution in [3.63, 3.8) is 0 Å². The van der Waals surface area contributed by atoms with Gasteiger partial charge in [0.1, 0.15) is 0 Å². The molecule has 124 valence electrons. The summed E-state index contributed by atoms with van der Waals surface area (Å²) in [4.78, 5) is 4.50. The molecule has 2 atom stereocenters. The number of rotatable bonds is 4. The zero-order valence-electron chi connectivity index (χ0n) is 13.7. The molecule has 1 aliphatic rings. The van der Waals surface area contributed by atoms with Gasteiger partial charge in [-0.25, -0.2) is 0 Å². The Hall–Kier alpha value is -0.820. The topological polar surface area (TPSA) is 59.6 Å². The molecule has 0 aromatic heterocycles. The zero-order valence-corrected chi connectivity index (χ0v) is 16.0. The van der Waals surface area contributed by atoms with E-state index < -0.39 is 0 Å². The Labute approximate surface area is 150 Å². The zero-order chi connectivity index (χ0) is 15.2. The SMILES string of the molecule is Cc1ccc(NC(N)=NCC2CCCOC2C(C)C)cc1.I. The largest absolute Gasteiger partial charge is 0.378 e. The molecule has 0 amide bonds. The molecule has 1 heterocycles. The predicted octanol–water partition coefficient (Wildman–Crippen LogP) is 3.79. The van der Waals surface area contributed by atoms with Gasteiger partial charge < -0.3 is 15.8 Å². The van der Waals surface area contributed by atoms with Gasteiger partial charge >= 0.3 is 0 Å². The average Bonchev–Trinajstić information content (AvgIpc) is 2.48. The van der Waals surface area contributed by atoms with Gasteiger partial charge in [-0.1, -0.05) is 31.5 Å². The van der Waals surface area contributed by atoms with Crippen molar-refractivity contribution in [2.75, 3.05) is 18.5 Å². The van der Waals surface area contributed by atoms with E-state index >= 15 is 0 Å². The van der Waals surface area contributed by atoms with E-state index in [1.165, 1.54) is 12.0 Å². The highest BCUT2D eigenvalue weighted by atomic mass is 127. The van der Waals surface area contributed by atoms with E-state index in [0.29, 0.717) is 23.9 Å². The molecule has 0 radical (unpaired) electrons. The highest BCUT2D eigenvalue weighted by Gasteiger charge is 2.28. The Bertz CT molecular complexity index is 473. The lowest BCUT2D eigenvalue weighted by atomic mass is 9.87. The van der Waals surface area contributed by atoms with Crippen LogP contribution in [0.1, 0.15) is 32.3 Å². The number of aryl methyl sites for hydroxylation is 1. The fourth-order valence-corrected chi connectivity index (χ4v) is 2.84. The van der Waals surface area contributed by atoms with Crippen LogP contribution in [0.15, 0.2) is 29.3 Å². The molecule has 22 heavy (non-hydrogen) atoms. The predicted molar refractivity (Wildman–Crippen MR) is 104 cm³/mol. The van der Waals surface area contributed by atoms with Crippen molar-refractivity contribution in [2.45, 2.75) is 39.7 Å². The number of hydrogen-bond donors (Lipinski definition) is 2. The van der Waals surface area contributed by atoms with Crippen molar-refractivity contribution in [3.8, 4) is 0 Å². The number of nitrogens with zero attached hydrogens (tertiary/aromatic N) is 1. The molecule has 4 nitrogen and oxygen atoms in total. The molecule has 0 spiro atoms. The first-order valence-corrected chi connectivity index (χ1v) is 7.81. The molecular weight excluding hydrogens is 389 g/mol. The lowest BCUT2D eigenvalue weighted by Gasteiger charge is -2.33. The minimum Gasteiger partial charge on any atom is -0.378 e. The molecule has 5 heteroatoms. The van der Waals surface area contributed by atoms with Crippen LogP contribution in [0.25, 0.3) is 0 Å². The maximum absolute atomic E-state index is 5.98. The Morgan fingerprint density at radius 2 is 2.05 bits per heavy atom. The third-order valence-corrected chi connectivity index (χ3v) is 3.97. The summed E-state index contributed by atoms with van der Waals surface area (Å²) in [7, 11) is 0. The summed E-state index contributed by atoms with van der Waals surface area (Å²) < 4.78 is 5.89. The van der Waals surface area contributed by atoms with Crippen LogP contribution >= 0.6 is 24.0 Å². The van der Waals surface area contributed by atoms with Crippen molar-refractivity contribution in [3.05, 3.63) is 29.8 Å². The second-order valence-corrected chi connectivity index (χ2v) is 6.20. The standard InChI is InChI=1S/C17H27N3O.HI/c1-12(2)16-14(5-4-10-21-16)11-19-17(18)20-15-8-6-13(3)7-9-15;/h6-9,12,14,16H,4-5,10-11H2,1-3H3,(H3,18,19,20);1H. The lowest BCUT2D eigenvalue weighted by Crippen LogP contribution is -2.36.